The third-order valence-corrected chi connectivity index (χ3v) is 20.0. The molecule has 18 heteroatoms. The lowest BCUT2D eigenvalue weighted by Gasteiger charge is -2.73. The third-order valence-electron chi connectivity index (χ3n) is 20.0. The highest BCUT2D eigenvalue weighted by atomic mass is 16.8. The molecule has 65 heavy (non-hydrogen) atoms. The number of rotatable bonds is 9. The Hall–Kier alpha value is -0.980. The van der Waals surface area contributed by atoms with E-state index in [0.29, 0.717) is 37.7 Å². The van der Waals surface area contributed by atoms with Crippen LogP contribution >= 0.6 is 0 Å². The molecule has 18 nitrogen and oxygen atoms in total. The van der Waals surface area contributed by atoms with E-state index in [9.17, 15) is 56.2 Å². The number of aliphatic hydroxyl groups excluding tert-OH is 11. The van der Waals surface area contributed by atoms with Gasteiger partial charge >= 0.3 is 0 Å². The molecule has 11 N–H and O–H groups in total. The van der Waals surface area contributed by atoms with E-state index >= 15 is 0 Å². The van der Waals surface area contributed by atoms with Gasteiger partial charge in [0.1, 0.15) is 67.1 Å². The fourth-order valence-electron chi connectivity index (χ4n) is 15.8. The van der Waals surface area contributed by atoms with Crippen LogP contribution in [0.5, 0.6) is 0 Å². The Morgan fingerprint density at radius 2 is 1.29 bits per heavy atom. The van der Waals surface area contributed by atoms with Gasteiger partial charge in [-0.3, -0.25) is 0 Å². The van der Waals surface area contributed by atoms with Gasteiger partial charge in [0.05, 0.1) is 50.8 Å². The maximum Gasteiger partial charge on any atom is 0.187 e. The number of allylic oxidation sites excluding steroid dienone is 1. The van der Waals surface area contributed by atoms with Crippen molar-refractivity contribution in [3.05, 3.63) is 12.2 Å². The first-order chi connectivity index (χ1) is 30.6. The van der Waals surface area contributed by atoms with Gasteiger partial charge in [0.25, 0.3) is 0 Å². The topological polar surface area (TPSA) is 287 Å². The standard InChI is InChI=1S/C47H76O18/c1-21-7-13-46-20-60-47(38(46)22(21)2)14-9-27-42(3)11-10-29(43(4,19-50)26(42)8-12-44(27,5)45(47,6)15-28(46)52)63-40-36(33(56)31(54)24(16-48)61-40)65-41-37(34(57)32(55)25(17-49)62-41)64-39-35(58)30(53)23(51)18-59-39/h9,14,21-41,48-58H,7-8,10-13,15-20H2,1-6H3/t21-,22+,23-,24-,25-,26?,27?,28-,29+,30+,31-,32-,33+,34+,35-,36-,37-,38?,39+,40+,41+,42+,43+,44-,45+,46?,47?/m1/s1. The fourth-order valence-corrected chi connectivity index (χ4v) is 15.8. The van der Waals surface area contributed by atoms with Crippen molar-refractivity contribution >= 4 is 0 Å². The summed E-state index contributed by atoms with van der Waals surface area (Å²) in [6, 6.07) is 0. The minimum atomic E-state index is -1.85. The van der Waals surface area contributed by atoms with E-state index < -0.39 is 129 Å². The maximum absolute atomic E-state index is 12.3. The van der Waals surface area contributed by atoms with Crippen molar-refractivity contribution in [2.24, 2.45) is 56.7 Å². The maximum atomic E-state index is 12.3. The van der Waals surface area contributed by atoms with Crippen LogP contribution < -0.4 is 0 Å². The summed E-state index contributed by atoms with van der Waals surface area (Å²) in [5, 5.41) is 120. The normalized spacial score (nSPS) is 59.8. The predicted molar refractivity (Wildman–Crippen MR) is 225 cm³/mol. The van der Waals surface area contributed by atoms with Crippen LogP contribution in [0, 0.1) is 56.7 Å². The molecular formula is C47H76O18. The molecular weight excluding hydrogens is 852 g/mol. The highest BCUT2D eigenvalue weighted by Crippen LogP contribution is 2.79. The molecule has 5 unspecified atom stereocenters. The van der Waals surface area contributed by atoms with Crippen LogP contribution in [0.3, 0.4) is 0 Å². The van der Waals surface area contributed by atoms with Crippen molar-refractivity contribution in [2.45, 2.75) is 190 Å². The van der Waals surface area contributed by atoms with Crippen molar-refractivity contribution < 1.29 is 89.3 Å². The van der Waals surface area contributed by atoms with Crippen molar-refractivity contribution in [3.8, 4) is 0 Å². The summed E-state index contributed by atoms with van der Waals surface area (Å²) in [5.41, 5.74) is -2.66. The fraction of sp³-hybridized carbons (Fsp3) is 0.957. The monoisotopic (exact) mass is 929 g/mol. The highest BCUT2D eigenvalue weighted by Gasteiger charge is 2.79. The Morgan fingerprint density at radius 1 is 0.677 bits per heavy atom. The summed E-state index contributed by atoms with van der Waals surface area (Å²) in [7, 11) is 0. The van der Waals surface area contributed by atoms with E-state index in [4.69, 9.17) is 33.2 Å². The molecule has 0 aromatic carbocycles. The van der Waals surface area contributed by atoms with Crippen LogP contribution in [0.25, 0.3) is 0 Å². The van der Waals surface area contributed by atoms with Gasteiger partial charge in [-0.25, -0.2) is 0 Å². The number of hydrogen-bond acceptors (Lipinski definition) is 18. The van der Waals surface area contributed by atoms with Gasteiger partial charge in [0.15, 0.2) is 18.9 Å². The second-order valence-electron chi connectivity index (χ2n) is 22.8. The summed E-state index contributed by atoms with van der Waals surface area (Å²) in [5.74, 6) is 1.06. The zero-order chi connectivity index (χ0) is 47.0. The van der Waals surface area contributed by atoms with Crippen molar-refractivity contribution in [2.75, 3.05) is 33.0 Å². The lowest BCUT2D eigenvalue weighted by molar-refractivity contribution is -0.395. The van der Waals surface area contributed by atoms with Crippen LogP contribution in [-0.4, -0.2) is 193 Å². The zero-order valence-electron chi connectivity index (χ0n) is 38.5. The van der Waals surface area contributed by atoms with Gasteiger partial charge in [-0.15, -0.1) is 0 Å². The van der Waals surface area contributed by atoms with Gasteiger partial charge in [-0.05, 0) is 79.4 Å². The molecule has 372 valence electrons. The summed E-state index contributed by atoms with van der Waals surface area (Å²) in [4.78, 5) is 0. The number of fused-ring (bicyclic) bond motifs is 4. The van der Waals surface area contributed by atoms with Crippen molar-refractivity contribution in [1.82, 2.24) is 0 Å². The Morgan fingerprint density at radius 3 is 1.91 bits per heavy atom. The molecule has 5 aliphatic carbocycles. The van der Waals surface area contributed by atoms with Gasteiger partial charge in [-0.2, -0.15) is 0 Å². The van der Waals surface area contributed by atoms with E-state index in [2.05, 4.69) is 46.8 Å². The van der Waals surface area contributed by atoms with Crippen molar-refractivity contribution in [1.29, 1.82) is 0 Å². The molecule has 0 radical (unpaired) electrons. The van der Waals surface area contributed by atoms with Gasteiger partial charge < -0.3 is 89.3 Å². The van der Waals surface area contributed by atoms with E-state index in [1.54, 1.807) is 0 Å². The summed E-state index contributed by atoms with van der Waals surface area (Å²) in [6.07, 6.45) is -14.1. The SMILES string of the molecule is C[C@@H]1CCC23COC4(C=CC5[C@@]6(C)CC[C@H](O[C@@H]7O[C@H](CO)[C@@H](O)[C@H](O)[C@H]7O[C@@H]7O[C@H](CO)[C@@H](O)[C@H](O)[C@H]7O[C@@H]7OC[C@@H](O)[C@H](O)[C@H]7O)[C@@](C)(CO)C6CC[C@@]5(C)[C@]4(C)C[C@H]2O)C3[C@H]1C. The van der Waals surface area contributed by atoms with Crippen molar-refractivity contribution in [3.63, 3.8) is 0 Å². The quantitative estimate of drug-likeness (QED) is 0.0984. The molecule has 4 heterocycles. The second-order valence-corrected chi connectivity index (χ2v) is 22.8. The molecule has 4 saturated carbocycles. The molecule has 1 spiro atoms. The summed E-state index contributed by atoms with van der Waals surface area (Å²) in [6.45, 7) is 12.1. The van der Waals surface area contributed by atoms with Crippen LogP contribution in [0.1, 0.15) is 86.5 Å². The predicted octanol–water partition coefficient (Wildman–Crippen LogP) is -0.931. The number of ether oxygens (including phenoxy) is 7. The molecule has 0 aromatic heterocycles. The Labute approximate surface area is 380 Å². The lowest BCUT2D eigenvalue weighted by Crippen LogP contribution is -2.73. The molecule has 2 bridgehead atoms. The average Bonchev–Trinajstić information content (AvgIpc) is 3.59. The molecule has 8 fully saturated rings. The Bertz CT molecular complexity index is 1760. The Balaban J connectivity index is 1.00. The molecule has 27 atom stereocenters. The highest BCUT2D eigenvalue weighted by molar-refractivity contribution is 5.36. The molecule has 9 aliphatic rings. The van der Waals surface area contributed by atoms with Gasteiger partial charge in [0.2, 0.25) is 0 Å². The summed E-state index contributed by atoms with van der Waals surface area (Å²) < 4.78 is 43.5. The van der Waals surface area contributed by atoms with Crippen LogP contribution in [0.4, 0.5) is 0 Å². The molecule has 4 saturated heterocycles. The molecule has 9 rings (SSSR count). The van der Waals surface area contributed by atoms with Crippen LogP contribution in [0.2, 0.25) is 0 Å². The minimum absolute atomic E-state index is 0.0619. The van der Waals surface area contributed by atoms with Crippen LogP contribution in [-0.2, 0) is 33.2 Å². The second kappa shape index (κ2) is 17.1. The average molecular weight is 929 g/mol. The summed E-state index contributed by atoms with van der Waals surface area (Å²) >= 11 is 0. The van der Waals surface area contributed by atoms with Gasteiger partial charge in [-0.1, -0.05) is 53.7 Å². The first-order valence-corrected chi connectivity index (χ1v) is 24.1. The Kier molecular flexibility index (Phi) is 12.9. The van der Waals surface area contributed by atoms with E-state index in [1.165, 1.54) is 0 Å². The molecule has 4 aliphatic heterocycles. The number of aliphatic hydroxyl groups is 11. The largest absolute Gasteiger partial charge is 0.396 e. The van der Waals surface area contributed by atoms with Gasteiger partial charge in [0, 0.05) is 22.2 Å². The van der Waals surface area contributed by atoms with E-state index in [-0.39, 0.29) is 46.0 Å². The van der Waals surface area contributed by atoms with E-state index in [1.807, 2.05) is 6.92 Å². The van der Waals surface area contributed by atoms with E-state index in [0.717, 1.165) is 25.7 Å². The van der Waals surface area contributed by atoms with Crippen LogP contribution in [0.15, 0.2) is 12.2 Å². The first kappa shape index (κ1) is 49.0. The third kappa shape index (κ3) is 6.85. The lowest BCUT2D eigenvalue weighted by atomic mass is 9.31. The zero-order valence-corrected chi connectivity index (χ0v) is 38.5. The smallest absolute Gasteiger partial charge is 0.187 e. The minimum Gasteiger partial charge on any atom is -0.396 e. The molecule has 0 amide bonds. The first-order valence-electron chi connectivity index (χ1n) is 24.1. The number of hydrogen-bond donors (Lipinski definition) is 11. The molecule has 0 aromatic rings.